The Hall–Kier alpha value is -4.53. The summed E-state index contributed by atoms with van der Waals surface area (Å²) >= 11 is 0. The number of nitrogens with zero attached hydrogens (tertiary/aromatic N) is 5. The Kier molecular flexibility index (Phi) is 7.73. The molecule has 4 heterocycles. The number of carbonyl (C=O) groups excluding carboxylic acids is 1. The van der Waals surface area contributed by atoms with Crippen LogP contribution in [-0.4, -0.2) is 63.5 Å². The Morgan fingerprint density at radius 3 is 2.50 bits per heavy atom. The molecule has 3 aromatic heterocycles. The van der Waals surface area contributed by atoms with Gasteiger partial charge < -0.3 is 20.1 Å². The molecule has 2 aromatic carbocycles. The maximum absolute atomic E-state index is 13.4. The highest BCUT2D eigenvalue weighted by atomic mass is 16.1. The van der Waals surface area contributed by atoms with Crippen LogP contribution in [0, 0.1) is 13.8 Å². The predicted octanol–water partition coefficient (Wildman–Crippen LogP) is 6.00. The lowest BCUT2D eigenvalue weighted by Gasteiger charge is -2.32. The molecule has 0 bridgehead atoms. The number of hydrogen-bond donors (Lipinski definition) is 2. The fourth-order valence-electron chi connectivity index (χ4n) is 5.44. The number of fused-ring (bicyclic) bond motifs is 1. The van der Waals surface area contributed by atoms with E-state index in [-0.39, 0.29) is 5.91 Å². The van der Waals surface area contributed by atoms with Crippen LogP contribution >= 0.6 is 0 Å². The second-order valence-electron chi connectivity index (χ2n) is 11.3. The quantitative estimate of drug-likeness (QED) is 0.255. The molecular weight excluding hydrogens is 522 g/mol. The molecule has 42 heavy (non-hydrogen) atoms. The van der Waals surface area contributed by atoms with E-state index in [0.717, 1.165) is 77.6 Å². The Labute approximate surface area is 247 Å². The van der Waals surface area contributed by atoms with Crippen molar-refractivity contribution in [2.75, 3.05) is 43.9 Å². The molecule has 0 aliphatic carbocycles. The summed E-state index contributed by atoms with van der Waals surface area (Å²) in [6.07, 6.45) is 5.58. The minimum Gasteiger partial charge on any atom is -0.355 e. The molecule has 0 spiro atoms. The minimum atomic E-state index is -0.139. The van der Waals surface area contributed by atoms with Crippen molar-refractivity contribution in [3.05, 3.63) is 102 Å². The van der Waals surface area contributed by atoms with Gasteiger partial charge in [0.25, 0.3) is 5.91 Å². The molecule has 1 fully saturated rings. The number of aromatic nitrogens is 3. The summed E-state index contributed by atoms with van der Waals surface area (Å²) in [6, 6.07) is 20.0. The molecule has 0 saturated carbocycles. The molecule has 2 N–H and O–H groups in total. The molecule has 0 unspecified atom stereocenters. The number of amides is 1. The van der Waals surface area contributed by atoms with Gasteiger partial charge >= 0.3 is 0 Å². The molecule has 1 aliphatic heterocycles. The third-order valence-corrected chi connectivity index (χ3v) is 8.15. The highest BCUT2D eigenvalue weighted by Crippen LogP contribution is 2.32. The van der Waals surface area contributed by atoms with Crippen molar-refractivity contribution in [3.63, 3.8) is 0 Å². The fourth-order valence-corrected chi connectivity index (χ4v) is 5.44. The number of hydrogen-bond acceptors (Lipinski definition) is 6. The van der Waals surface area contributed by atoms with E-state index in [2.05, 4.69) is 57.6 Å². The van der Waals surface area contributed by atoms with Gasteiger partial charge in [-0.3, -0.25) is 14.7 Å². The summed E-state index contributed by atoms with van der Waals surface area (Å²) in [5.41, 5.74) is 9.36. The van der Waals surface area contributed by atoms with Crippen LogP contribution in [-0.2, 0) is 13.6 Å². The lowest BCUT2D eigenvalue weighted by Crippen LogP contribution is -2.43. The van der Waals surface area contributed by atoms with Gasteiger partial charge in [-0.1, -0.05) is 12.1 Å². The largest absolute Gasteiger partial charge is 0.355 e. The van der Waals surface area contributed by atoms with Gasteiger partial charge in [0.2, 0.25) is 0 Å². The van der Waals surface area contributed by atoms with Crippen LogP contribution in [0.2, 0.25) is 0 Å². The first-order chi connectivity index (χ1) is 20.3. The number of pyridine rings is 2. The Morgan fingerprint density at radius 2 is 1.74 bits per heavy atom. The van der Waals surface area contributed by atoms with E-state index in [1.165, 1.54) is 11.1 Å². The zero-order valence-corrected chi connectivity index (χ0v) is 24.7. The van der Waals surface area contributed by atoms with Crippen molar-refractivity contribution in [2.24, 2.45) is 7.05 Å². The highest BCUT2D eigenvalue weighted by Gasteiger charge is 2.16. The Bertz CT molecular complexity index is 1740. The fraction of sp³-hybridized carbons (Fsp3) is 0.265. The van der Waals surface area contributed by atoms with Gasteiger partial charge in [0.1, 0.15) is 5.65 Å². The summed E-state index contributed by atoms with van der Waals surface area (Å²) in [5, 5.41) is 7.70. The summed E-state index contributed by atoms with van der Waals surface area (Å²) in [7, 11) is 4.16. The molecule has 1 aliphatic rings. The summed E-state index contributed by atoms with van der Waals surface area (Å²) in [6.45, 7) is 9.46. The lowest BCUT2D eigenvalue weighted by atomic mass is 10.1. The van der Waals surface area contributed by atoms with E-state index in [1.54, 1.807) is 6.20 Å². The number of anilines is 3. The van der Waals surface area contributed by atoms with Crippen molar-refractivity contribution in [1.82, 2.24) is 24.3 Å². The van der Waals surface area contributed by atoms with Crippen LogP contribution in [0.25, 0.3) is 22.3 Å². The average molecular weight is 560 g/mol. The van der Waals surface area contributed by atoms with Crippen LogP contribution in [0.3, 0.4) is 0 Å². The maximum atomic E-state index is 13.4. The van der Waals surface area contributed by atoms with Crippen LogP contribution in [0.1, 0.15) is 27.0 Å². The van der Waals surface area contributed by atoms with Crippen LogP contribution in [0.4, 0.5) is 17.1 Å². The first-order valence-electron chi connectivity index (χ1n) is 14.4. The number of benzene rings is 2. The van der Waals surface area contributed by atoms with Gasteiger partial charge in [0, 0.05) is 86.2 Å². The zero-order valence-electron chi connectivity index (χ0n) is 24.7. The first kappa shape index (κ1) is 27.6. The number of carbonyl (C=O) groups is 1. The number of aryl methyl sites for hydroxylation is 3. The monoisotopic (exact) mass is 559 g/mol. The molecule has 0 atom stereocenters. The molecule has 6 rings (SSSR count). The number of rotatable bonds is 7. The standard InChI is InChI=1S/C34H37N7O/c1-23-7-8-25(34(42)36-28-10-9-27(24(2)18-28)22-41-16-14-39(3)15-17-41)19-30(23)37-32-20-31(26-6-5-12-35-21-26)38-33-29(32)11-13-40(33)4/h5-13,18-21H,14-17,22H2,1-4H3,(H,36,42)(H,37,38). The average Bonchev–Trinajstić information content (AvgIpc) is 3.37. The molecule has 214 valence electrons. The van der Waals surface area contributed by atoms with Crippen LogP contribution in [0.15, 0.2) is 79.3 Å². The summed E-state index contributed by atoms with van der Waals surface area (Å²) < 4.78 is 2.01. The maximum Gasteiger partial charge on any atom is 0.255 e. The van der Waals surface area contributed by atoms with Crippen molar-refractivity contribution in [1.29, 1.82) is 0 Å². The second-order valence-corrected chi connectivity index (χ2v) is 11.3. The normalized spacial score (nSPS) is 14.3. The Balaban J connectivity index is 1.21. The summed E-state index contributed by atoms with van der Waals surface area (Å²) in [4.78, 5) is 27.4. The molecule has 0 radical (unpaired) electrons. The second kappa shape index (κ2) is 11.8. The number of piperazine rings is 1. The molecule has 1 saturated heterocycles. The molecule has 5 aromatic rings. The predicted molar refractivity (Wildman–Crippen MR) is 170 cm³/mol. The van der Waals surface area contributed by atoms with Crippen molar-refractivity contribution in [2.45, 2.75) is 20.4 Å². The van der Waals surface area contributed by atoms with Crippen molar-refractivity contribution >= 4 is 34.0 Å². The van der Waals surface area contributed by atoms with E-state index in [4.69, 9.17) is 4.98 Å². The lowest BCUT2D eigenvalue weighted by molar-refractivity contribution is 0.102. The molecular formula is C34H37N7O. The van der Waals surface area contributed by atoms with Crippen LogP contribution < -0.4 is 10.6 Å². The number of nitrogens with one attached hydrogen (secondary N) is 2. The first-order valence-corrected chi connectivity index (χ1v) is 14.4. The minimum absolute atomic E-state index is 0.139. The summed E-state index contributed by atoms with van der Waals surface area (Å²) in [5.74, 6) is -0.139. The van der Waals surface area contributed by atoms with Crippen LogP contribution in [0.5, 0.6) is 0 Å². The third kappa shape index (κ3) is 5.91. The Morgan fingerprint density at radius 1 is 0.905 bits per heavy atom. The van der Waals surface area contributed by atoms with E-state index in [9.17, 15) is 4.79 Å². The highest BCUT2D eigenvalue weighted by molar-refractivity contribution is 6.05. The third-order valence-electron chi connectivity index (χ3n) is 8.15. The molecule has 8 heteroatoms. The van der Waals surface area contributed by atoms with Crippen molar-refractivity contribution < 1.29 is 4.79 Å². The van der Waals surface area contributed by atoms with Gasteiger partial charge in [-0.25, -0.2) is 4.98 Å². The smallest absolute Gasteiger partial charge is 0.255 e. The topological polar surface area (TPSA) is 78.3 Å². The zero-order chi connectivity index (χ0) is 29.2. The van der Waals surface area contributed by atoms with E-state index in [1.807, 2.05) is 73.4 Å². The SMILES string of the molecule is Cc1cc(NC(=O)c2ccc(C)c(Nc3cc(-c4cccnc4)nc4c3ccn4C)c2)ccc1CN1CCN(C)CC1. The van der Waals surface area contributed by atoms with Gasteiger partial charge in [-0.05, 0) is 86.1 Å². The van der Waals surface area contributed by atoms with E-state index in [0.29, 0.717) is 5.56 Å². The van der Waals surface area contributed by atoms with E-state index >= 15 is 0 Å². The molecule has 8 nitrogen and oxygen atoms in total. The molecule has 1 amide bonds. The number of likely N-dealkylation sites (N-methyl/N-ethyl adjacent to an activating group) is 1. The van der Waals surface area contributed by atoms with E-state index < -0.39 is 0 Å². The van der Waals surface area contributed by atoms with Gasteiger partial charge in [-0.2, -0.15) is 0 Å². The van der Waals surface area contributed by atoms with Gasteiger partial charge in [0.05, 0.1) is 11.4 Å². The van der Waals surface area contributed by atoms with Crippen molar-refractivity contribution in [3.8, 4) is 11.3 Å². The van der Waals surface area contributed by atoms with Gasteiger partial charge in [-0.15, -0.1) is 0 Å². The van der Waals surface area contributed by atoms with Gasteiger partial charge in [0.15, 0.2) is 0 Å².